The monoisotopic (exact) mass is 256 g/mol. The maximum Gasteiger partial charge on any atom is 0.220 e. The Morgan fingerprint density at radius 3 is 3.06 bits per heavy atom. The van der Waals surface area contributed by atoms with Gasteiger partial charge in [0.05, 0.1) is 0 Å². The molecule has 1 saturated heterocycles. The number of halogens is 1. The van der Waals surface area contributed by atoms with Gasteiger partial charge in [-0.15, -0.1) is 11.8 Å². The van der Waals surface area contributed by atoms with E-state index in [1.165, 1.54) is 0 Å². The van der Waals surface area contributed by atoms with E-state index in [2.05, 4.69) is 5.32 Å². The van der Waals surface area contributed by atoms with E-state index in [4.69, 9.17) is 17.3 Å². The molecule has 0 spiro atoms. The third-order valence-corrected chi connectivity index (χ3v) is 3.97. The number of carbonyl (C=O) groups excluding carboxylic acids is 1. The lowest BCUT2D eigenvalue weighted by Gasteiger charge is -2.10. The van der Waals surface area contributed by atoms with Crippen molar-refractivity contribution in [2.45, 2.75) is 23.8 Å². The second kappa shape index (κ2) is 4.97. The zero-order valence-corrected chi connectivity index (χ0v) is 10.3. The van der Waals surface area contributed by atoms with Gasteiger partial charge in [0.2, 0.25) is 5.91 Å². The Bertz CT molecular complexity index is 411. The van der Waals surface area contributed by atoms with Crippen molar-refractivity contribution in [1.82, 2.24) is 5.32 Å². The van der Waals surface area contributed by atoms with E-state index in [0.29, 0.717) is 11.4 Å². The Balaban J connectivity index is 1.94. The zero-order chi connectivity index (χ0) is 11.5. The summed E-state index contributed by atoms with van der Waals surface area (Å²) in [7, 11) is 0. The number of hydrogen-bond acceptors (Lipinski definition) is 3. The number of rotatable bonds is 3. The first-order valence-electron chi connectivity index (χ1n) is 5.12. The fraction of sp³-hybridized carbons (Fsp3) is 0.364. The van der Waals surface area contributed by atoms with Crippen LogP contribution in [-0.2, 0) is 4.79 Å². The number of hydrogen-bond donors (Lipinski definition) is 2. The van der Waals surface area contributed by atoms with Crippen molar-refractivity contribution in [3.63, 3.8) is 0 Å². The molecule has 1 amide bonds. The largest absolute Gasteiger partial charge is 0.398 e. The number of anilines is 1. The Hall–Kier alpha value is -0.870. The second-order valence-corrected chi connectivity index (χ2v) is 5.29. The molecule has 1 unspecified atom stereocenters. The van der Waals surface area contributed by atoms with Gasteiger partial charge in [-0.3, -0.25) is 4.79 Å². The lowest BCUT2D eigenvalue weighted by molar-refractivity contribution is -0.119. The first kappa shape index (κ1) is 11.6. The summed E-state index contributed by atoms with van der Waals surface area (Å²) in [5, 5.41) is 3.61. The molecule has 0 saturated carbocycles. The van der Waals surface area contributed by atoms with Gasteiger partial charge < -0.3 is 11.1 Å². The second-order valence-electron chi connectivity index (χ2n) is 3.80. The van der Waals surface area contributed by atoms with E-state index >= 15 is 0 Å². The van der Waals surface area contributed by atoms with E-state index in [1.807, 2.05) is 6.07 Å². The molecule has 1 atom stereocenters. The van der Waals surface area contributed by atoms with Crippen LogP contribution in [0.2, 0.25) is 5.02 Å². The molecule has 16 heavy (non-hydrogen) atoms. The molecule has 0 aliphatic carbocycles. The van der Waals surface area contributed by atoms with Crippen molar-refractivity contribution in [3.05, 3.63) is 23.2 Å². The Labute approximate surface area is 104 Å². The molecule has 1 aromatic carbocycles. The van der Waals surface area contributed by atoms with Gasteiger partial charge in [-0.1, -0.05) is 11.6 Å². The van der Waals surface area contributed by atoms with Gasteiger partial charge in [0.25, 0.3) is 0 Å². The van der Waals surface area contributed by atoms with Crippen molar-refractivity contribution >= 4 is 35.0 Å². The van der Waals surface area contributed by atoms with Crippen molar-refractivity contribution in [2.75, 3.05) is 11.5 Å². The van der Waals surface area contributed by atoms with E-state index in [-0.39, 0.29) is 11.9 Å². The highest BCUT2D eigenvalue weighted by Crippen LogP contribution is 2.29. The number of benzene rings is 1. The van der Waals surface area contributed by atoms with Crippen molar-refractivity contribution in [1.29, 1.82) is 0 Å². The fourth-order valence-electron chi connectivity index (χ4n) is 1.63. The van der Waals surface area contributed by atoms with Crippen LogP contribution in [0.4, 0.5) is 5.69 Å². The standard InChI is InChI=1S/C11H13ClN2OS/c12-7-1-3-9(13)10(5-7)16-6-8-2-4-11(15)14-8/h1,3,5,8H,2,4,6,13H2,(H,14,15). The third-order valence-electron chi connectivity index (χ3n) is 2.50. The molecule has 1 heterocycles. The Kier molecular flexibility index (Phi) is 3.61. The molecule has 1 aromatic rings. The summed E-state index contributed by atoms with van der Waals surface area (Å²) in [5.74, 6) is 0.987. The molecule has 3 nitrogen and oxygen atoms in total. The molecule has 86 valence electrons. The smallest absolute Gasteiger partial charge is 0.220 e. The number of nitrogens with two attached hydrogens (primary N) is 1. The maximum atomic E-state index is 11.0. The number of thioether (sulfide) groups is 1. The molecule has 5 heteroatoms. The summed E-state index contributed by atoms with van der Waals surface area (Å²) in [4.78, 5) is 12.0. The van der Waals surface area contributed by atoms with Crippen LogP contribution in [0.1, 0.15) is 12.8 Å². The maximum absolute atomic E-state index is 11.0. The lowest BCUT2D eigenvalue weighted by atomic mass is 10.2. The SMILES string of the molecule is Nc1ccc(Cl)cc1SCC1CCC(=O)N1. The molecule has 1 fully saturated rings. The molecule has 3 N–H and O–H groups in total. The Morgan fingerprint density at radius 2 is 2.38 bits per heavy atom. The average Bonchev–Trinajstić information content (AvgIpc) is 2.66. The van der Waals surface area contributed by atoms with Crippen molar-refractivity contribution in [3.8, 4) is 0 Å². The summed E-state index contributed by atoms with van der Waals surface area (Å²) in [6, 6.07) is 5.70. The van der Waals surface area contributed by atoms with Crippen LogP contribution in [0, 0.1) is 0 Å². The van der Waals surface area contributed by atoms with Gasteiger partial charge in [0.1, 0.15) is 0 Å². The van der Waals surface area contributed by atoms with Crippen LogP contribution in [0.5, 0.6) is 0 Å². The number of carbonyl (C=O) groups is 1. The van der Waals surface area contributed by atoms with Crippen LogP contribution in [0.25, 0.3) is 0 Å². The van der Waals surface area contributed by atoms with E-state index in [9.17, 15) is 4.79 Å². The quantitative estimate of drug-likeness (QED) is 0.645. The minimum atomic E-state index is 0.143. The van der Waals surface area contributed by atoms with Crippen LogP contribution >= 0.6 is 23.4 Å². The summed E-state index contributed by atoms with van der Waals surface area (Å²) in [6.45, 7) is 0. The van der Waals surface area contributed by atoms with Crippen LogP contribution in [0.3, 0.4) is 0 Å². The van der Waals surface area contributed by atoms with E-state index in [0.717, 1.165) is 22.8 Å². The van der Waals surface area contributed by atoms with Crippen LogP contribution in [0.15, 0.2) is 23.1 Å². The fourth-order valence-corrected chi connectivity index (χ4v) is 2.94. The Morgan fingerprint density at radius 1 is 1.56 bits per heavy atom. The molecule has 1 aliphatic heterocycles. The van der Waals surface area contributed by atoms with Gasteiger partial charge in [0, 0.05) is 33.8 Å². The molecule has 0 bridgehead atoms. The minimum Gasteiger partial charge on any atom is -0.398 e. The van der Waals surface area contributed by atoms with E-state index < -0.39 is 0 Å². The topological polar surface area (TPSA) is 55.1 Å². The zero-order valence-electron chi connectivity index (χ0n) is 8.70. The lowest BCUT2D eigenvalue weighted by Crippen LogP contribution is -2.27. The van der Waals surface area contributed by atoms with Crippen LogP contribution < -0.4 is 11.1 Å². The third kappa shape index (κ3) is 2.83. The highest BCUT2D eigenvalue weighted by Gasteiger charge is 2.20. The van der Waals surface area contributed by atoms with Gasteiger partial charge in [-0.25, -0.2) is 0 Å². The van der Waals surface area contributed by atoms with Crippen molar-refractivity contribution < 1.29 is 4.79 Å². The molecule has 1 aliphatic rings. The highest BCUT2D eigenvalue weighted by atomic mass is 35.5. The van der Waals surface area contributed by atoms with Gasteiger partial charge in [-0.05, 0) is 24.6 Å². The molecule has 0 aromatic heterocycles. The normalized spacial score (nSPS) is 19.8. The minimum absolute atomic E-state index is 0.143. The summed E-state index contributed by atoms with van der Waals surface area (Å²) >= 11 is 7.53. The summed E-state index contributed by atoms with van der Waals surface area (Å²) in [6.07, 6.45) is 1.54. The van der Waals surface area contributed by atoms with Crippen molar-refractivity contribution in [2.24, 2.45) is 0 Å². The molecule has 0 radical (unpaired) electrons. The highest BCUT2D eigenvalue weighted by molar-refractivity contribution is 7.99. The van der Waals surface area contributed by atoms with E-state index in [1.54, 1.807) is 23.9 Å². The molecular formula is C11H13ClN2OS. The molecule has 2 rings (SSSR count). The molecular weight excluding hydrogens is 244 g/mol. The number of nitrogen functional groups attached to an aromatic ring is 1. The predicted molar refractivity (Wildman–Crippen MR) is 67.8 cm³/mol. The summed E-state index contributed by atoms with van der Waals surface area (Å²) in [5.41, 5.74) is 6.57. The van der Waals surface area contributed by atoms with Gasteiger partial charge in [0.15, 0.2) is 0 Å². The number of amides is 1. The first-order chi connectivity index (χ1) is 7.65. The predicted octanol–water partition coefficient (Wildman–Crippen LogP) is 2.29. The van der Waals surface area contributed by atoms with Gasteiger partial charge >= 0.3 is 0 Å². The summed E-state index contributed by atoms with van der Waals surface area (Å²) < 4.78 is 0. The first-order valence-corrected chi connectivity index (χ1v) is 6.48. The average molecular weight is 257 g/mol. The van der Waals surface area contributed by atoms with Crippen LogP contribution in [-0.4, -0.2) is 17.7 Å². The van der Waals surface area contributed by atoms with Gasteiger partial charge in [-0.2, -0.15) is 0 Å². The number of nitrogens with one attached hydrogen (secondary N) is 1.